The van der Waals surface area contributed by atoms with E-state index in [9.17, 15) is 4.79 Å². The molecule has 0 radical (unpaired) electrons. The van der Waals surface area contributed by atoms with Crippen LogP contribution in [0.4, 0.5) is 0 Å². The summed E-state index contributed by atoms with van der Waals surface area (Å²) >= 11 is 0. The Hall–Kier alpha value is -1.88. The molecule has 0 atom stereocenters. The van der Waals surface area contributed by atoms with Gasteiger partial charge < -0.3 is 9.88 Å². The molecule has 0 bridgehead atoms. The van der Waals surface area contributed by atoms with Crippen LogP contribution in [0.3, 0.4) is 0 Å². The minimum absolute atomic E-state index is 0.0421. The number of hydrazone groups is 1. The lowest BCUT2D eigenvalue weighted by Gasteiger charge is -2.15. The van der Waals surface area contributed by atoms with E-state index in [1.807, 2.05) is 0 Å². The minimum atomic E-state index is -0.0421. The molecule has 4 aliphatic rings. The molecule has 1 aromatic rings. The van der Waals surface area contributed by atoms with Crippen LogP contribution < -0.4 is 5.43 Å². The topological polar surface area (TPSA) is 60.5 Å². The predicted octanol–water partition coefficient (Wildman–Crippen LogP) is 3.12. The van der Waals surface area contributed by atoms with Gasteiger partial charge in [0.25, 0.3) is 5.91 Å². The lowest BCUT2D eigenvalue weighted by atomic mass is 9.98. The van der Waals surface area contributed by atoms with Gasteiger partial charge in [0.1, 0.15) is 0 Å². The van der Waals surface area contributed by atoms with Gasteiger partial charge in [-0.3, -0.25) is 4.79 Å². The summed E-state index contributed by atoms with van der Waals surface area (Å²) < 4.78 is 0. The summed E-state index contributed by atoms with van der Waals surface area (Å²) in [6, 6.07) is 0. The Morgan fingerprint density at radius 1 is 1.15 bits per heavy atom. The van der Waals surface area contributed by atoms with Gasteiger partial charge in [-0.15, -0.1) is 0 Å². The van der Waals surface area contributed by atoms with Crippen molar-refractivity contribution in [3.05, 3.63) is 28.1 Å². The molecule has 2 N–H and O–H groups in total. The fraction of sp³-hybridized carbons (Fsp3) is 0.619. The van der Waals surface area contributed by atoms with Crippen molar-refractivity contribution in [1.29, 1.82) is 0 Å². The predicted molar refractivity (Wildman–Crippen MR) is 103 cm³/mol. The third kappa shape index (κ3) is 3.02. The molecule has 2 aliphatic carbocycles. The Bertz CT molecular complexity index is 789. The first-order chi connectivity index (χ1) is 12.7. The van der Waals surface area contributed by atoms with Gasteiger partial charge in [0.05, 0.1) is 11.3 Å². The molecule has 2 aliphatic heterocycles. The van der Waals surface area contributed by atoms with E-state index in [0.717, 1.165) is 42.8 Å². The highest BCUT2D eigenvalue weighted by molar-refractivity contribution is 6.28. The largest absolute Gasteiger partial charge is 0.359 e. The van der Waals surface area contributed by atoms with E-state index in [2.05, 4.69) is 33.4 Å². The molecule has 5 nitrogen and oxygen atoms in total. The van der Waals surface area contributed by atoms with Gasteiger partial charge in [-0.25, -0.2) is 5.43 Å². The molecule has 0 aromatic carbocycles. The average Bonchev–Trinajstić information content (AvgIpc) is 3.54. The van der Waals surface area contributed by atoms with Crippen molar-refractivity contribution in [3.63, 3.8) is 0 Å². The van der Waals surface area contributed by atoms with Gasteiger partial charge in [0, 0.05) is 23.9 Å². The van der Waals surface area contributed by atoms with Crippen LogP contribution >= 0.6 is 0 Å². The molecule has 0 unspecified atom stereocenters. The lowest BCUT2D eigenvalue weighted by molar-refractivity contribution is -0.116. The van der Waals surface area contributed by atoms with E-state index in [4.69, 9.17) is 0 Å². The number of amides is 1. The molecule has 138 valence electrons. The number of nitrogens with zero attached hydrogens (tertiary/aromatic N) is 2. The number of rotatable bonds is 6. The third-order valence-electron chi connectivity index (χ3n) is 6.30. The van der Waals surface area contributed by atoms with Gasteiger partial charge in [0.2, 0.25) is 0 Å². The second-order valence-electron chi connectivity index (χ2n) is 8.40. The van der Waals surface area contributed by atoms with Gasteiger partial charge in [-0.1, -0.05) is 0 Å². The van der Waals surface area contributed by atoms with Crippen molar-refractivity contribution in [3.8, 4) is 0 Å². The summed E-state index contributed by atoms with van der Waals surface area (Å²) in [6.07, 6.45) is 10.8. The maximum absolute atomic E-state index is 12.3. The summed E-state index contributed by atoms with van der Waals surface area (Å²) in [5.74, 6) is 1.11. The summed E-state index contributed by atoms with van der Waals surface area (Å²) in [7, 11) is 0. The first kappa shape index (κ1) is 16.3. The van der Waals surface area contributed by atoms with Crippen LogP contribution in [-0.4, -0.2) is 41.1 Å². The minimum Gasteiger partial charge on any atom is -0.359 e. The zero-order valence-electron chi connectivity index (χ0n) is 15.6. The maximum Gasteiger partial charge on any atom is 0.273 e. The molecular weight excluding hydrogens is 324 g/mol. The van der Waals surface area contributed by atoms with Crippen molar-refractivity contribution >= 4 is 17.7 Å². The number of H-pyrrole nitrogens is 1. The van der Waals surface area contributed by atoms with Crippen molar-refractivity contribution in [2.24, 2.45) is 11.0 Å². The fourth-order valence-corrected chi connectivity index (χ4v) is 4.56. The van der Waals surface area contributed by atoms with Crippen LogP contribution in [-0.2, 0) is 11.2 Å². The van der Waals surface area contributed by atoms with Gasteiger partial charge in [-0.2, -0.15) is 5.10 Å². The maximum atomic E-state index is 12.3. The Balaban J connectivity index is 1.45. The van der Waals surface area contributed by atoms with Crippen LogP contribution in [0, 0.1) is 12.8 Å². The zero-order chi connectivity index (χ0) is 17.7. The van der Waals surface area contributed by atoms with E-state index in [1.165, 1.54) is 55.6 Å². The molecule has 3 fully saturated rings. The molecule has 2 saturated carbocycles. The van der Waals surface area contributed by atoms with Crippen LogP contribution in [0.5, 0.6) is 0 Å². The van der Waals surface area contributed by atoms with Gasteiger partial charge in [0.15, 0.2) is 0 Å². The van der Waals surface area contributed by atoms with E-state index >= 15 is 0 Å². The molecule has 5 heteroatoms. The van der Waals surface area contributed by atoms with Crippen LogP contribution in [0.1, 0.15) is 67.0 Å². The van der Waals surface area contributed by atoms with Crippen molar-refractivity contribution < 1.29 is 4.79 Å². The Kier molecular flexibility index (Phi) is 4.00. The summed E-state index contributed by atoms with van der Waals surface area (Å²) in [4.78, 5) is 18.5. The normalized spacial score (nSPS) is 25.2. The van der Waals surface area contributed by atoms with Gasteiger partial charge >= 0.3 is 0 Å². The van der Waals surface area contributed by atoms with E-state index in [0.29, 0.717) is 11.8 Å². The number of carbonyl (C=O) groups is 1. The van der Waals surface area contributed by atoms with Crippen molar-refractivity contribution in [2.45, 2.75) is 57.8 Å². The summed E-state index contributed by atoms with van der Waals surface area (Å²) in [5.41, 5.74) is 9.83. The Morgan fingerprint density at radius 2 is 1.88 bits per heavy atom. The molecule has 0 spiro atoms. The van der Waals surface area contributed by atoms with Crippen molar-refractivity contribution in [2.75, 3.05) is 19.6 Å². The Labute approximate surface area is 154 Å². The highest BCUT2D eigenvalue weighted by Crippen LogP contribution is 2.45. The molecule has 3 heterocycles. The van der Waals surface area contributed by atoms with Crippen LogP contribution in [0.25, 0.3) is 6.08 Å². The van der Waals surface area contributed by atoms with E-state index in [-0.39, 0.29) is 5.91 Å². The van der Waals surface area contributed by atoms with Crippen molar-refractivity contribution in [1.82, 2.24) is 15.3 Å². The lowest BCUT2D eigenvalue weighted by Crippen LogP contribution is -2.22. The highest BCUT2D eigenvalue weighted by atomic mass is 16.2. The first-order valence-corrected chi connectivity index (χ1v) is 10.2. The fourth-order valence-electron chi connectivity index (χ4n) is 4.56. The Morgan fingerprint density at radius 3 is 2.58 bits per heavy atom. The van der Waals surface area contributed by atoms with Gasteiger partial charge in [-0.05, 0) is 88.1 Å². The standard InChI is InChI=1S/C21H28N4O/c1-13-16(8-11-25-9-2-3-10-25)19(14-4-5-14)18(22-13)12-17-20(15-6-7-15)23-24-21(17)26/h12,14-15,22H,2-11H2,1H3,(H,24,26). The second-order valence-corrected chi connectivity index (χ2v) is 8.40. The SMILES string of the molecule is Cc1[nH]c(C=C2C(=O)NN=C2C2CC2)c(C2CC2)c1CCN1CCCC1. The molecular formula is C21H28N4O. The van der Waals surface area contributed by atoms with Crippen LogP contribution in [0.15, 0.2) is 10.7 Å². The number of carbonyl (C=O) groups excluding carboxylic acids is 1. The average molecular weight is 352 g/mol. The number of aromatic amines is 1. The zero-order valence-corrected chi connectivity index (χ0v) is 15.6. The molecule has 1 saturated heterocycles. The number of likely N-dealkylation sites (tertiary alicyclic amines) is 1. The van der Waals surface area contributed by atoms with E-state index < -0.39 is 0 Å². The first-order valence-electron chi connectivity index (χ1n) is 10.2. The van der Waals surface area contributed by atoms with Crippen LogP contribution in [0.2, 0.25) is 0 Å². The molecule has 1 amide bonds. The number of aryl methyl sites for hydroxylation is 1. The smallest absolute Gasteiger partial charge is 0.273 e. The second kappa shape index (κ2) is 6.38. The summed E-state index contributed by atoms with van der Waals surface area (Å²) in [6.45, 7) is 5.85. The number of hydrogen-bond donors (Lipinski definition) is 2. The highest BCUT2D eigenvalue weighted by Gasteiger charge is 2.37. The summed E-state index contributed by atoms with van der Waals surface area (Å²) in [5, 5.41) is 4.29. The number of aromatic nitrogens is 1. The monoisotopic (exact) mass is 352 g/mol. The quantitative estimate of drug-likeness (QED) is 0.773. The number of hydrogen-bond acceptors (Lipinski definition) is 3. The number of nitrogens with one attached hydrogen (secondary N) is 2. The third-order valence-corrected chi connectivity index (χ3v) is 6.30. The molecule has 1 aromatic heterocycles. The molecule has 26 heavy (non-hydrogen) atoms. The molecule has 5 rings (SSSR count). The van der Waals surface area contributed by atoms with E-state index in [1.54, 1.807) is 0 Å².